The number of amides is 1. The number of likely N-dealkylation sites (tertiary alicyclic amines) is 1. The van der Waals surface area contributed by atoms with Gasteiger partial charge in [-0.05, 0) is 64.3 Å². The molecule has 1 fully saturated rings. The van der Waals surface area contributed by atoms with E-state index >= 15 is 0 Å². The van der Waals surface area contributed by atoms with Crippen LogP contribution in [0.15, 0.2) is 22.5 Å². The van der Waals surface area contributed by atoms with Gasteiger partial charge in [0.2, 0.25) is 0 Å². The highest BCUT2D eigenvalue weighted by molar-refractivity contribution is 14.0. The first kappa shape index (κ1) is 25.0. The van der Waals surface area contributed by atoms with Gasteiger partial charge < -0.3 is 20.3 Å². The quantitative estimate of drug-likeness (QED) is 0.335. The summed E-state index contributed by atoms with van der Waals surface area (Å²) >= 11 is 1.78. The molecular weight excluding hydrogens is 487 g/mol. The van der Waals surface area contributed by atoms with Gasteiger partial charge in [-0.3, -0.25) is 4.99 Å². The van der Waals surface area contributed by atoms with Gasteiger partial charge >= 0.3 is 6.09 Å². The van der Waals surface area contributed by atoms with E-state index in [1.54, 1.807) is 11.3 Å². The van der Waals surface area contributed by atoms with Crippen LogP contribution in [0.1, 0.15) is 45.4 Å². The molecule has 0 aliphatic carbocycles. The van der Waals surface area contributed by atoms with E-state index < -0.39 is 5.60 Å². The van der Waals surface area contributed by atoms with Crippen molar-refractivity contribution in [2.45, 2.75) is 52.6 Å². The summed E-state index contributed by atoms with van der Waals surface area (Å²) in [6.07, 6.45) is 2.88. The van der Waals surface area contributed by atoms with Crippen LogP contribution in [0.4, 0.5) is 4.79 Å². The van der Waals surface area contributed by atoms with Crippen molar-refractivity contribution in [1.82, 2.24) is 15.5 Å². The lowest BCUT2D eigenvalue weighted by Crippen LogP contribution is -2.44. The third-order valence-electron chi connectivity index (χ3n) is 4.27. The number of aliphatic imine (C=N–C) groups is 1. The van der Waals surface area contributed by atoms with Crippen molar-refractivity contribution in [3.8, 4) is 0 Å². The molecule has 28 heavy (non-hydrogen) atoms. The van der Waals surface area contributed by atoms with E-state index in [2.05, 4.69) is 35.1 Å². The van der Waals surface area contributed by atoms with Crippen molar-refractivity contribution in [3.63, 3.8) is 0 Å². The Morgan fingerprint density at radius 2 is 2.18 bits per heavy atom. The molecule has 0 spiro atoms. The van der Waals surface area contributed by atoms with Crippen LogP contribution in [0.2, 0.25) is 0 Å². The number of halogens is 1. The molecule has 0 saturated carbocycles. The Hall–Kier alpha value is -1.03. The topological polar surface area (TPSA) is 66.0 Å². The average Bonchev–Trinajstić information content (AvgIpc) is 3.12. The molecule has 0 radical (unpaired) electrons. The summed E-state index contributed by atoms with van der Waals surface area (Å²) in [5.41, 5.74) is -0.452. The average molecular weight is 522 g/mol. The molecule has 160 valence electrons. The van der Waals surface area contributed by atoms with Crippen LogP contribution in [-0.4, -0.2) is 55.3 Å². The van der Waals surface area contributed by atoms with Gasteiger partial charge in [-0.25, -0.2) is 4.79 Å². The molecule has 2 heterocycles. The number of carbonyl (C=O) groups is 1. The number of thiophene rings is 1. The zero-order valence-corrected chi connectivity index (χ0v) is 20.6. The number of piperidine rings is 1. The number of nitrogens with one attached hydrogen (secondary N) is 2. The van der Waals surface area contributed by atoms with Crippen molar-refractivity contribution >= 4 is 47.4 Å². The van der Waals surface area contributed by atoms with E-state index in [1.807, 2.05) is 25.7 Å². The standard InChI is InChI=1S/C20H34N4O2S.HI/c1-5-21-18(22-11-10-17-9-7-13-27-17)23-14-16-8-6-12-24(15-16)19(25)26-20(2,3)4;/h7,9,13,16H,5-6,8,10-12,14-15H2,1-4H3,(H2,21,22,23);1H. The molecule has 1 aliphatic heterocycles. The molecule has 0 aromatic carbocycles. The van der Waals surface area contributed by atoms with Crippen molar-refractivity contribution < 1.29 is 9.53 Å². The number of carbonyl (C=O) groups excluding carboxylic acids is 1. The molecule has 1 aromatic rings. The maximum absolute atomic E-state index is 12.3. The van der Waals surface area contributed by atoms with Gasteiger partial charge in [0.15, 0.2) is 5.96 Å². The van der Waals surface area contributed by atoms with Crippen molar-refractivity contribution in [2.75, 3.05) is 32.7 Å². The summed E-state index contributed by atoms with van der Waals surface area (Å²) in [7, 11) is 0. The Kier molecular flexibility index (Phi) is 11.2. The van der Waals surface area contributed by atoms with Crippen LogP contribution < -0.4 is 10.6 Å². The minimum absolute atomic E-state index is 0. The first-order chi connectivity index (χ1) is 12.9. The predicted molar refractivity (Wildman–Crippen MR) is 128 cm³/mol. The minimum Gasteiger partial charge on any atom is -0.444 e. The molecule has 6 nitrogen and oxygen atoms in total. The molecule has 0 bridgehead atoms. The van der Waals surface area contributed by atoms with E-state index in [0.29, 0.717) is 19.0 Å². The molecule has 1 saturated heterocycles. The Bertz CT molecular complexity index is 602. The van der Waals surface area contributed by atoms with Crippen LogP contribution in [-0.2, 0) is 11.2 Å². The highest BCUT2D eigenvalue weighted by atomic mass is 127. The van der Waals surface area contributed by atoms with Gasteiger partial charge in [-0.15, -0.1) is 35.3 Å². The van der Waals surface area contributed by atoms with Gasteiger partial charge in [0, 0.05) is 37.6 Å². The lowest BCUT2D eigenvalue weighted by atomic mass is 9.98. The molecule has 1 unspecified atom stereocenters. The SMILES string of the molecule is CCNC(=NCC1CCCN(C(=O)OC(C)(C)C)C1)NCCc1cccs1.I. The second-order valence-corrected chi connectivity index (χ2v) is 8.94. The predicted octanol–water partition coefficient (Wildman–Crippen LogP) is 4.11. The van der Waals surface area contributed by atoms with Crippen molar-refractivity contribution in [1.29, 1.82) is 0 Å². The fourth-order valence-electron chi connectivity index (χ4n) is 3.03. The summed E-state index contributed by atoms with van der Waals surface area (Å²) < 4.78 is 5.51. The third-order valence-corrected chi connectivity index (χ3v) is 5.20. The Morgan fingerprint density at radius 1 is 1.39 bits per heavy atom. The van der Waals surface area contributed by atoms with Gasteiger partial charge in [-0.2, -0.15) is 0 Å². The van der Waals surface area contributed by atoms with Crippen molar-refractivity contribution in [3.05, 3.63) is 22.4 Å². The number of hydrogen-bond acceptors (Lipinski definition) is 4. The third kappa shape index (κ3) is 9.45. The van der Waals surface area contributed by atoms with Crippen LogP contribution in [0, 0.1) is 5.92 Å². The zero-order valence-electron chi connectivity index (χ0n) is 17.5. The smallest absolute Gasteiger partial charge is 0.410 e. The zero-order chi connectivity index (χ0) is 19.7. The summed E-state index contributed by atoms with van der Waals surface area (Å²) in [6, 6.07) is 4.24. The molecule has 1 atom stereocenters. The van der Waals surface area contributed by atoms with Crippen LogP contribution >= 0.6 is 35.3 Å². The van der Waals surface area contributed by atoms with Gasteiger partial charge in [0.1, 0.15) is 5.60 Å². The Morgan fingerprint density at radius 3 is 2.82 bits per heavy atom. The fraction of sp³-hybridized carbons (Fsp3) is 0.700. The van der Waals surface area contributed by atoms with E-state index in [9.17, 15) is 4.79 Å². The van der Waals surface area contributed by atoms with E-state index in [-0.39, 0.29) is 30.1 Å². The van der Waals surface area contributed by atoms with Gasteiger partial charge in [0.25, 0.3) is 0 Å². The van der Waals surface area contributed by atoms with E-state index in [0.717, 1.165) is 44.9 Å². The molecular formula is C20H35IN4O2S. The summed E-state index contributed by atoms with van der Waals surface area (Å²) in [5, 5.41) is 8.81. The fourth-order valence-corrected chi connectivity index (χ4v) is 3.74. The molecule has 1 aliphatic rings. The maximum Gasteiger partial charge on any atom is 0.410 e. The molecule has 2 N–H and O–H groups in total. The summed E-state index contributed by atoms with van der Waals surface area (Å²) in [5.74, 6) is 1.22. The Labute approximate surface area is 190 Å². The highest BCUT2D eigenvalue weighted by Crippen LogP contribution is 2.19. The number of rotatable bonds is 6. The van der Waals surface area contributed by atoms with Crippen LogP contribution in [0.3, 0.4) is 0 Å². The van der Waals surface area contributed by atoms with Crippen LogP contribution in [0.25, 0.3) is 0 Å². The highest BCUT2D eigenvalue weighted by Gasteiger charge is 2.27. The van der Waals surface area contributed by atoms with E-state index in [4.69, 9.17) is 9.73 Å². The maximum atomic E-state index is 12.3. The minimum atomic E-state index is -0.452. The molecule has 8 heteroatoms. The number of ether oxygens (including phenoxy) is 1. The first-order valence-electron chi connectivity index (χ1n) is 9.90. The summed E-state index contributed by atoms with van der Waals surface area (Å²) in [6.45, 7) is 11.7. The monoisotopic (exact) mass is 522 g/mol. The van der Waals surface area contributed by atoms with Crippen LogP contribution in [0.5, 0.6) is 0 Å². The van der Waals surface area contributed by atoms with Crippen molar-refractivity contribution in [2.24, 2.45) is 10.9 Å². The number of hydrogen-bond donors (Lipinski definition) is 2. The normalized spacial score (nSPS) is 17.6. The van der Waals surface area contributed by atoms with Gasteiger partial charge in [-0.1, -0.05) is 6.07 Å². The molecule has 1 amide bonds. The summed E-state index contributed by atoms with van der Waals surface area (Å²) in [4.78, 5) is 20.2. The van der Waals surface area contributed by atoms with E-state index in [1.165, 1.54) is 4.88 Å². The molecule has 1 aromatic heterocycles. The lowest BCUT2D eigenvalue weighted by Gasteiger charge is -2.33. The first-order valence-corrected chi connectivity index (χ1v) is 10.8. The number of nitrogens with zero attached hydrogens (tertiary/aromatic N) is 2. The second kappa shape index (κ2) is 12.5. The number of guanidine groups is 1. The largest absolute Gasteiger partial charge is 0.444 e. The molecule has 2 rings (SSSR count). The van der Waals surface area contributed by atoms with Gasteiger partial charge in [0.05, 0.1) is 0 Å². The Balaban J connectivity index is 0.00000392. The second-order valence-electron chi connectivity index (χ2n) is 7.91. The lowest BCUT2D eigenvalue weighted by molar-refractivity contribution is 0.0170.